The van der Waals surface area contributed by atoms with Gasteiger partial charge in [0.2, 0.25) is 0 Å². The average molecular weight is 406 g/mol. The van der Waals surface area contributed by atoms with E-state index >= 15 is 0 Å². The summed E-state index contributed by atoms with van der Waals surface area (Å²) in [5, 5.41) is 3.09. The smallest absolute Gasteiger partial charge is 0.310 e. The van der Waals surface area contributed by atoms with E-state index in [0.717, 1.165) is 5.56 Å². The molecule has 1 N–H and O–H groups in total. The highest BCUT2D eigenvalue weighted by atomic mass is 35.5. The Morgan fingerprint density at radius 1 is 1.04 bits per heavy atom. The van der Waals surface area contributed by atoms with Gasteiger partial charge in [-0.05, 0) is 50.1 Å². The normalized spacial score (nSPS) is 10.3. The second-order valence-corrected chi connectivity index (χ2v) is 6.37. The largest absolute Gasteiger partial charge is 0.490 e. The molecule has 0 radical (unpaired) electrons. The lowest BCUT2D eigenvalue weighted by Gasteiger charge is -2.12. The van der Waals surface area contributed by atoms with E-state index < -0.39 is 18.5 Å². The number of halogens is 1. The zero-order valence-corrected chi connectivity index (χ0v) is 17.0. The van der Waals surface area contributed by atoms with Gasteiger partial charge >= 0.3 is 5.97 Å². The van der Waals surface area contributed by atoms with Gasteiger partial charge in [0.25, 0.3) is 5.91 Å². The van der Waals surface area contributed by atoms with Crippen LogP contribution >= 0.6 is 11.6 Å². The molecule has 1 amide bonds. The molecule has 0 aliphatic carbocycles. The van der Waals surface area contributed by atoms with E-state index in [2.05, 4.69) is 5.32 Å². The van der Waals surface area contributed by atoms with E-state index in [0.29, 0.717) is 41.0 Å². The summed E-state index contributed by atoms with van der Waals surface area (Å²) in [4.78, 5) is 24.1. The van der Waals surface area contributed by atoms with Crippen molar-refractivity contribution in [3.63, 3.8) is 0 Å². The Hall–Kier alpha value is -2.73. The van der Waals surface area contributed by atoms with Crippen LogP contribution in [0, 0.1) is 6.92 Å². The van der Waals surface area contributed by atoms with Gasteiger partial charge in [-0.15, -0.1) is 0 Å². The van der Waals surface area contributed by atoms with E-state index in [-0.39, 0.29) is 6.42 Å². The fraction of sp³-hybridized carbons (Fsp3) is 0.333. The fourth-order valence-corrected chi connectivity index (χ4v) is 2.80. The van der Waals surface area contributed by atoms with Gasteiger partial charge in [-0.3, -0.25) is 9.59 Å². The third-order valence-electron chi connectivity index (χ3n) is 3.81. The predicted molar refractivity (Wildman–Crippen MR) is 108 cm³/mol. The Bertz CT molecular complexity index is 817. The number of hydrogen-bond acceptors (Lipinski definition) is 5. The highest BCUT2D eigenvalue weighted by Crippen LogP contribution is 2.29. The number of esters is 1. The van der Waals surface area contributed by atoms with Crippen molar-refractivity contribution < 1.29 is 23.8 Å². The number of ether oxygens (including phenoxy) is 3. The van der Waals surface area contributed by atoms with E-state index in [1.807, 2.05) is 26.8 Å². The highest BCUT2D eigenvalue weighted by molar-refractivity contribution is 6.33. The predicted octanol–water partition coefficient (Wildman–Crippen LogP) is 4.17. The lowest BCUT2D eigenvalue weighted by molar-refractivity contribution is -0.146. The first-order chi connectivity index (χ1) is 13.4. The molecular weight excluding hydrogens is 382 g/mol. The molecule has 0 heterocycles. The van der Waals surface area contributed by atoms with Crippen LogP contribution in [0.1, 0.15) is 25.0 Å². The van der Waals surface area contributed by atoms with E-state index in [4.69, 9.17) is 25.8 Å². The highest BCUT2D eigenvalue weighted by Gasteiger charge is 2.13. The van der Waals surface area contributed by atoms with Crippen molar-refractivity contribution in [3.05, 3.63) is 52.5 Å². The fourth-order valence-electron chi connectivity index (χ4n) is 2.53. The molecular formula is C21H24ClNO5. The average Bonchev–Trinajstić information content (AvgIpc) is 2.66. The summed E-state index contributed by atoms with van der Waals surface area (Å²) < 4.78 is 16.1. The molecule has 0 aliphatic rings. The number of carbonyl (C=O) groups is 2. The maximum atomic E-state index is 12.1. The second-order valence-electron chi connectivity index (χ2n) is 5.96. The summed E-state index contributed by atoms with van der Waals surface area (Å²) in [5.41, 5.74) is 2.04. The van der Waals surface area contributed by atoms with Crippen LogP contribution in [0.3, 0.4) is 0 Å². The van der Waals surface area contributed by atoms with Crippen LogP contribution in [-0.2, 0) is 20.7 Å². The minimum atomic E-state index is -0.516. The van der Waals surface area contributed by atoms with Gasteiger partial charge in [0.15, 0.2) is 18.1 Å². The molecule has 150 valence electrons. The number of rotatable bonds is 9. The molecule has 7 heteroatoms. The van der Waals surface area contributed by atoms with E-state index in [1.54, 1.807) is 30.3 Å². The molecule has 0 fully saturated rings. The van der Waals surface area contributed by atoms with Crippen molar-refractivity contribution in [1.29, 1.82) is 0 Å². The van der Waals surface area contributed by atoms with Gasteiger partial charge in [0.1, 0.15) is 0 Å². The number of amides is 1. The van der Waals surface area contributed by atoms with Gasteiger partial charge in [-0.2, -0.15) is 0 Å². The number of carbonyl (C=O) groups excluding carboxylic acids is 2. The van der Waals surface area contributed by atoms with Crippen LogP contribution in [0.5, 0.6) is 11.5 Å². The number of nitrogens with one attached hydrogen (secondary N) is 1. The van der Waals surface area contributed by atoms with Gasteiger partial charge in [0, 0.05) is 0 Å². The topological polar surface area (TPSA) is 73.9 Å². The molecule has 0 bridgehead atoms. The number of hydrogen-bond donors (Lipinski definition) is 1. The quantitative estimate of drug-likeness (QED) is 0.634. The molecule has 2 aromatic carbocycles. The summed E-state index contributed by atoms with van der Waals surface area (Å²) in [6.45, 7) is 6.19. The van der Waals surface area contributed by atoms with Crippen molar-refractivity contribution in [2.45, 2.75) is 27.2 Å². The molecule has 2 aromatic rings. The molecule has 0 spiro atoms. The van der Waals surface area contributed by atoms with Crippen LogP contribution in [-0.4, -0.2) is 31.7 Å². The number of aryl methyl sites for hydroxylation is 1. The standard InChI is InChI=1S/C21H24ClNO5/c1-4-26-17-10-9-15(11-18(17)27-5-2)12-20(25)28-13-19(24)23-21-14(3)7-6-8-16(21)22/h6-11H,4-5,12-13H2,1-3H3,(H,23,24). The third kappa shape index (κ3) is 6.16. The Morgan fingerprint density at radius 2 is 1.75 bits per heavy atom. The minimum absolute atomic E-state index is 0.0187. The Kier molecular flexibility index (Phi) is 8.14. The van der Waals surface area contributed by atoms with Crippen LogP contribution < -0.4 is 14.8 Å². The minimum Gasteiger partial charge on any atom is -0.490 e. The van der Waals surface area contributed by atoms with Crippen LogP contribution in [0.4, 0.5) is 5.69 Å². The van der Waals surface area contributed by atoms with Gasteiger partial charge < -0.3 is 19.5 Å². The molecule has 28 heavy (non-hydrogen) atoms. The zero-order valence-electron chi connectivity index (χ0n) is 16.2. The third-order valence-corrected chi connectivity index (χ3v) is 4.12. The maximum absolute atomic E-state index is 12.1. The number of para-hydroxylation sites is 1. The molecule has 0 aromatic heterocycles. The molecule has 0 aliphatic heterocycles. The SMILES string of the molecule is CCOc1ccc(CC(=O)OCC(=O)Nc2c(C)cccc2Cl)cc1OCC. The lowest BCUT2D eigenvalue weighted by Crippen LogP contribution is -2.22. The number of benzene rings is 2. The van der Waals surface area contributed by atoms with Crippen molar-refractivity contribution in [3.8, 4) is 11.5 Å². The molecule has 0 saturated carbocycles. The zero-order chi connectivity index (χ0) is 20.5. The first-order valence-electron chi connectivity index (χ1n) is 9.03. The van der Waals surface area contributed by atoms with Gasteiger partial charge in [-0.25, -0.2) is 0 Å². The van der Waals surface area contributed by atoms with Crippen molar-refractivity contribution in [1.82, 2.24) is 0 Å². The van der Waals surface area contributed by atoms with Crippen molar-refractivity contribution in [2.75, 3.05) is 25.1 Å². The van der Waals surface area contributed by atoms with E-state index in [1.165, 1.54) is 0 Å². The van der Waals surface area contributed by atoms with Crippen molar-refractivity contribution >= 4 is 29.2 Å². The molecule has 0 atom stereocenters. The van der Waals surface area contributed by atoms with E-state index in [9.17, 15) is 9.59 Å². The summed E-state index contributed by atoms with van der Waals surface area (Å²) in [7, 11) is 0. The Balaban J connectivity index is 1.91. The van der Waals surface area contributed by atoms with Gasteiger partial charge in [0.05, 0.1) is 30.3 Å². The Labute approximate surface area is 169 Å². The summed E-state index contributed by atoms with van der Waals surface area (Å²) in [6, 6.07) is 10.6. The number of anilines is 1. The lowest BCUT2D eigenvalue weighted by atomic mass is 10.1. The molecule has 6 nitrogen and oxygen atoms in total. The molecule has 2 rings (SSSR count). The van der Waals surface area contributed by atoms with Crippen molar-refractivity contribution in [2.24, 2.45) is 0 Å². The maximum Gasteiger partial charge on any atom is 0.310 e. The molecule has 0 saturated heterocycles. The Morgan fingerprint density at radius 3 is 2.43 bits per heavy atom. The summed E-state index contributed by atoms with van der Waals surface area (Å²) in [6.07, 6.45) is 0.0187. The van der Waals surface area contributed by atoms with Gasteiger partial charge in [-0.1, -0.05) is 29.8 Å². The first kappa shape index (κ1) is 21.6. The first-order valence-corrected chi connectivity index (χ1v) is 9.41. The molecule has 0 unspecified atom stereocenters. The monoisotopic (exact) mass is 405 g/mol. The van der Waals surface area contributed by atoms with Crippen LogP contribution in [0.2, 0.25) is 5.02 Å². The summed E-state index contributed by atoms with van der Waals surface area (Å²) >= 11 is 6.07. The summed E-state index contributed by atoms with van der Waals surface area (Å²) in [5.74, 6) is 0.224. The van der Waals surface area contributed by atoms with Crippen LogP contribution in [0.15, 0.2) is 36.4 Å². The van der Waals surface area contributed by atoms with Crippen LogP contribution in [0.25, 0.3) is 0 Å². The second kappa shape index (κ2) is 10.6.